The van der Waals surface area contributed by atoms with Crippen LogP contribution in [-0.2, 0) is 19.5 Å². The Morgan fingerprint density at radius 2 is 1.66 bits per heavy atom. The van der Waals surface area contributed by atoms with Gasteiger partial charge in [0.2, 0.25) is 0 Å². The zero-order chi connectivity index (χ0) is 22.9. The minimum atomic E-state index is -0.108. The summed E-state index contributed by atoms with van der Waals surface area (Å²) in [4.78, 5) is 29.3. The summed E-state index contributed by atoms with van der Waals surface area (Å²) in [5.41, 5.74) is 10.1. The molecule has 0 spiro atoms. The fourth-order valence-electron chi connectivity index (χ4n) is 3.23. The minimum absolute atomic E-state index is 0.0340. The largest absolute Gasteiger partial charge is 0.398 e. The quantitative estimate of drug-likeness (QED) is 0.457. The number of hydrogen-bond acceptors (Lipinski definition) is 5. The van der Waals surface area contributed by atoms with Gasteiger partial charge in [0.05, 0.1) is 0 Å². The first-order chi connectivity index (χ1) is 15.4. The highest BCUT2D eigenvalue weighted by Crippen LogP contribution is 2.19. The number of benzene rings is 2. The summed E-state index contributed by atoms with van der Waals surface area (Å²) < 4.78 is 0. The zero-order valence-corrected chi connectivity index (χ0v) is 19.4. The molecule has 32 heavy (non-hydrogen) atoms. The molecule has 7 heteroatoms. The summed E-state index contributed by atoms with van der Waals surface area (Å²) in [5, 5.41) is 6.77. The Labute approximate surface area is 193 Å². The number of nitrogens with one attached hydrogen (secondary N) is 1. The van der Waals surface area contributed by atoms with Gasteiger partial charge in [0, 0.05) is 49.2 Å². The SMILES string of the molecule is CN(C)CCN(Cc1ccc(C(=O)Cc2cscc2N)cc1)C(=O)NCc1ccccc1. The minimum Gasteiger partial charge on any atom is -0.398 e. The molecule has 0 unspecified atom stereocenters. The number of carbonyl (C=O) groups is 2. The third kappa shape index (κ3) is 6.93. The number of carbonyl (C=O) groups excluding carboxylic acids is 2. The van der Waals surface area contributed by atoms with Crippen molar-refractivity contribution in [2.45, 2.75) is 19.5 Å². The number of hydrogen-bond donors (Lipinski definition) is 2. The van der Waals surface area contributed by atoms with E-state index in [1.165, 1.54) is 11.3 Å². The van der Waals surface area contributed by atoms with Crippen LogP contribution in [0.15, 0.2) is 65.4 Å². The molecule has 0 saturated heterocycles. The summed E-state index contributed by atoms with van der Waals surface area (Å²) in [6.45, 7) is 2.32. The zero-order valence-electron chi connectivity index (χ0n) is 18.6. The predicted molar refractivity (Wildman–Crippen MR) is 131 cm³/mol. The Morgan fingerprint density at radius 3 is 2.28 bits per heavy atom. The number of rotatable bonds is 10. The molecule has 2 amide bonds. The second-order valence-corrected chi connectivity index (χ2v) is 8.76. The number of ketones is 1. The Balaban J connectivity index is 1.62. The van der Waals surface area contributed by atoms with E-state index in [1.807, 2.05) is 79.5 Å². The highest BCUT2D eigenvalue weighted by molar-refractivity contribution is 7.08. The van der Waals surface area contributed by atoms with Crippen LogP contribution < -0.4 is 11.1 Å². The van der Waals surface area contributed by atoms with Crippen LogP contribution in [0.3, 0.4) is 0 Å². The van der Waals surface area contributed by atoms with E-state index < -0.39 is 0 Å². The van der Waals surface area contributed by atoms with Crippen LogP contribution in [0.5, 0.6) is 0 Å². The molecule has 0 aliphatic carbocycles. The number of nitrogens with zero attached hydrogens (tertiary/aromatic N) is 2. The molecule has 0 radical (unpaired) electrons. The van der Waals surface area contributed by atoms with Crippen molar-refractivity contribution in [3.05, 3.63) is 87.6 Å². The van der Waals surface area contributed by atoms with E-state index in [0.29, 0.717) is 37.3 Å². The molecule has 3 N–H and O–H groups in total. The van der Waals surface area contributed by atoms with Crippen LogP contribution in [0.25, 0.3) is 0 Å². The monoisotopic (exact) mass is 450 g/mol. The van der Waals surface area contributed by atoms with Gasteiger partial charge in [0.15, 0.2) is 5.78 Å². The maximum atomic E-state index is 12.8. The first kappa shape index (κ1) is 23.5. The van der Waals surface area contributed by atoms with Crippen LogP contribution in [0, 0.1) is 0 Å². The highest BCUT2D eigenvalue weighted by atomic mass is 32.1. The molecule has 2 aromatic carbocycles. The van der Waals surface area contributed by atoms with Crippen molar-refractivity contribution in [3.63, 3.8) is 0 Å². The van der Waals surface area contributed by atoms with Crippen molar-refractivity contribution in [2.75, 3.05) is 32.9 Å². The van der Waals surface area contributed by atoms with Gasteiger partial charge in [0.25, 0.3) is 0 Å². The van der Waals surface area contributed by atoms with Gasteiger partial charge in [-0.1, -0.05) is 54.6 Å². The van der Waals surface area contributed by atoms with Gasteiger partial charge in [-0.25, -0.2) is 4.79 Å². The first-order valence-electron chi connectivity index (χ1n) is 10.6. The van der Waals surface area contributed by atoms with Gasteiger partial charge in [-0.2, -0.15) is 0 Å². The van der Waals surface area contributed by atoms with Gasteiger partial charge in [-0.3, -0.25) is 4.79 Å². The second kappa shape index (κ2) is 11.5. The van der Waals surface area contributed by atoms with Crippen molar-refractivity contribution >= 4 is 28.8 Å². The van der Waals surface area contributed by atoms with Crippen LogP contribution in [-0.4, -0.2) is 48.8 Å². The van der Waals surface area contributed by atoms with Crippen LogP contribution in [0.4, 0.5) is 10.5 Å². The average Bonchev–Trinajstić information content (AvgIpc) is 3.20. The van der Waals surface area contributed by atoms with Crippen LogP contribution in [0.1, 0.15) is 27.0 Å². The molecule has 168 valence electrons. The topological polar surface area (TPSA) is 78.7 Å². The molecule has 3 rings (SSSR count). The molecule has 0 aliphatic heterocycles. The van der Waals surface area contributed by atoms with E-state index in [1.54, 1.807) is 4.90 Å². The average molecular weight is 451 g/mol. The molecule has 3 aromatic rings. The first-order valence-corrected chi connectivity index (χ1v) is 11.5. The van der Waals surface area contributed by atoms with Crippen molar-refractivity contribution in [1.29, 1.82) is 0 Å². The predicted octanol–water partition coefficient (Wildman–Crippen LogP) is 4.03. The van der Waals surface area contributed by atoms with E-state index >= 15 is 0 Å². The number of Topliss-reactive ketones (excluding diaryl/α,β-unsaturated/α-hetero) is 1. The van der Waals surface area contributed by atoms with Crippen molar-refractivity contribution in [2.24, 2.45) is 0 Å². The van der Waals surface area contributed by atoms with Gasteiger partial charge in [-0.15, -0.1) is 11.3 Å². The lowest BCUT2D eigenvalue weighted by Gasteiger charge is -2.25. The maximum absolute atomic E-state index is 12.8. The van der Waals surface area contributed by atoms with E-state index in [-0.39, 0.29) is 11.8 Å². The highest BCUT2D eigenvalue weighted by Gasteiger charge is 2.15. The Hall–Kier alpha value is -3.16. The normalized spacial score (nSPS) is 10.8. The number of nitrogens with two attached hydrogens (primary N) is 1. The van der Waals surface area contributed by atoms with Gasteiger partial charge < -0.3 is 20.9 Å². The Morgan fingerprint density at radius 1 is 0.938 bits per heavy atom. The van der Waals surface area contributed by atoms with E-state index in [9.17, 15) is 9.59 Å². The fraction of sp³-hybridized carbons (Fsp3) is 0.280. The summed E-state index contributed by atoms with van der Waals surface area (Å²) in [6.07, 6.45) is 0.297. The molecule has 0 atom stereocenters. The smallest absolute Gasteiger partial charge is 0.318 e. The molecule has 0 aliphatic rings. The lowest BCUT2D eigenvalue weighted by atomic mass is 10.0. The summed E-state index contributed by atoms with van der Waals surface area (Å²) in [5.74, 6) is 0.0340. The fourth-order valence-corrected chi connectivity index (χ4v) is 3.98. The number of amides is 2. The van der Waals surface area contributed by atoms with Crippen LogP contribution >= 0.6 is 11.3 Å². The number of anilines is 1. The number of thiophene rings is 1. The molecule has 0 fully saturated rings. The van der Waals surface area contributed by atoms with Crippen LogP contribution in [0.2, 0.25) is 0 Å². The lowest BCUT2D eigenvalue weighted by molar-refractivity contribution is 0.0993. The number of nitrogen functional groups attached to an aromatic ring is 1. The number of likely N-dealkylation sites (N-methyl/N-ethyl adjacent to an activating group) is 1. The van der Waals surface area contributed by atoms with E-state index in [0.717, 1.165) is 23.2 Å². The molecule has 6 nitrogen and oxygen atoms in total. The third-order valence-corrected chi connectivity index (χ3v) is 5.98. The summed E-state index contributed by atoms with van der Waals surface area (Å²) in [6, 6.07) is 17.2. The van der Waals surface area contributed by atoms with Gasteiger partial charge in [0.1, 0.15) is 0 Å². The Bertz CT molecular complexity index is 1020. The maximum Gasteiger partial charge on any atom is 0.318 e. The van der Waals surface area contributed by atoms with Crippen molar-refractivity contribution in [1.82, 2.24) is 15.1 Å². The lowest BCUT2D eigenvalue weighted by Crippen LogP contribution is -2.42. The second-order valence-electron chi connectivity index (χ2n) is 8.02. The molecule has 1 heterocycles. The van der Waals surface area contributed by atoms with Crippen molar-refractivity contribution in [3.8, 4) is 0 Å². The van der Waals surface area contributed by atoms with E-state index in [2.05, 4.69) is 10.2 Å². The molecular weight excluding hydrogens is 420 g/mol. The number of urea groups is 1. The van der Waals surface area contributed by atoms with Gasteiger partial charge >= 0.3 is 6.03 Å². The third-order valence-electron chi connectivity index (χ3n) is 5.17. The van der Waals surface area contributed by atoms with Gasteiger partial charge in [-0.05, 0) is 36.2 Å². The van der Waals surface area contributed by atoms with E-state index in [4.69, 9.17) is 5.73 Å². The molecule has 0 bridgehead atoms. The van der Waals surface area contributed by atoms with Crippen molar-refractivity contribution < 1.29 is 9.59 Å². The summed E-state index contributed by atoms with van der Waals surface area (Å²) >= 11 is 1.50. The molecule has 1 aromatic heterocycles. The Kier molecular flexibility index (Phi) is 8.41. The standard InChI is InChI=1S/C25H30N4O2S/c1-28(2)12-13-29(25(31)27-15-19-6-4-3-5-7-19)16-20-8-10-21(11-9-20)24(30)14-22-17-32-18-23(22)26/h3-11,17-18H,12-16,26H2,1-2H3,(H,27,31). The molecule has 0 saturated carbocycles. The summed E-state index contributed by atoms with van der Waals surface area (Å²) in [7, 11) is 3.97. The molecular formula is C25H30N4O2S.